The van der Waals surface area contributed by atoms with Crippen LogP contribution in [0.1, 0.15) is 77.0 Å². The normalized spacial score (nSPS) is 31.8. The van der Waals surface area contributed by atoms with Gasteiger partial charge in [-0.1, -0.05) is 19.3 Å². The molecule has 108 valence electrons. The summed E-state index contributed by atoms with van der Waals surface area (Å²) in [5, 5.41) is 3.52. The van der Waals surface area contributed by atoms with Gasteiger partial charge >= 0.3 is 0 Å². The highest BCUT2D eigenvalue weighted by Crippen LogP contribution is 2.23. The van der Waals surface area contributed by atoms with Gasteiger partial charge in [-0.2, -0.15) is 0 Å². The highest BCUT2D eigenvalue weighted by atomic mass is 16.1. The molecule has 2 fully saturated rings. The van der Waals surface area contributed by atoms with Crippen LogP contribution in [0, 0.1) is 0 Å². The first-order valence-electron chi connectivity index (χ1n) is 8.05. The Bertz CT molecular complexity index is 314. The number of fused-ring (bicyclic) bond motifs is 1. The molecule has 0 aromatic carbocycles. The van der Waals surface area contributed by atoms with E-state index in [1.807, 2.05) is 0 Å². The van der Waals surface area contributed by atoms with Crippen LogP contribution < -0.4 is 5.32 Å². The Kier molecular flexibility index (Phi) is 6.02. The van der Waals surface area contributed by atoms with Crippen molar-refractivity contribution in [2.24, 2.45) is 0 Å². The average molecular weight is 265 g/mol. The van der Waals surface area contributed by atoms with E-state index in [-0.39, 0.29) is 0 Å². The smallest absolute Gasteiger partial charge is 0.132 e. The van der Waals surface area contributed by atoms with Crippen LogP contribution >= 0.6 is 0 Å². The molecule has 0 spiro atoms. The lowest BCUT2D eigenvalue weighted by atomic mass is 10.0. The minimum Gasteiger partial charge on any atom is -0.308 e. The topological polar surface area (TPSA) is 56.1 Å². The first-order valence-corrected chi connectivity index (χ1v) is 8.05. The summed E-state index contributed by atoms with van der Waals surface area (Å²) in [5.41, 5.74) is 0. The quantitative estimate of drug-likeness (QED) is 0.684. The average Bonchev–Trinajstić information content (AvgIpc) is 3.11. The minimum absolute atomic E-state index is 0.345. The molecule has 1 aliphatic carbocycles. The molecule has 1 saturated carbocycles. The van der Waals surface area contributed by atoms with Gasteiger partial charge in [0.2, 0.25) is 0 Å². The van der Waals surface area contributed by atoms with Crippen molar-refractivity contribution in [1.82, 2.24) is 5.32 Å². The van der Waals surface area contributed by atoms with Crippen molar-refractivity contribution >= 4 is 11.6 Å². The molecule has 2 unspecified atom stereocenters. The maximum absolute atomic E-state index is 11.7. The largest absolute Gasteiger partial charge is 0.308 e. The summed E-state index contributed by atoms with van der Waals surface area (Å²) in [6.07, 6.45) is 11.6. The van der Waals surface area contributed by atoms with Crippen molar-refractivity contribution in [3.05, 3.63) is 0 Å². The molecule has 0 aromatic rings. The molecular formula is C16H27NO2. The van der Waals surface area contributed by atoms with E-state index in [0.29, 0.717) is 42.9 Å². The third-order valence-corrected chi connectivity index (χ3v) is 4.41. The van der Waals surface area contributed by atoms with Crippen LogP contribution in [0.2, 0.25) is 0 Å². The summed E-state index contributed by atoms with van der Waals surface area (Å²) in [6.45, 7) is 0. The van der Waals surface area contributed by atoms with Crippen LogP contribution in [0.4, 0.5) is 0 Å². The molecule has 0 aromatic heterocycles. The van der Waals surface area contributed by atoms with Crippen molar-refractivity contribution in [3.8, 4) is 0 Å². The van der Waals surface area contributed by atoms with Crippen molar-refractivity contribution in [2.45, 2.75) is 89.1 Å². The number of carbonyl (C=O) groups is 2. The number of carbonyl (C=O) groups excluding carboxylic acids is 2. The number of ketones is 2. The van der Waals surface area contributed by atoms with E-state index < -0.39 is 0 Å². The molecule has 2 rings (SSSR count). The molecule has 3 heteroatoms. The summed E-state index contributed by atoms with van der Waals surface area (Å²) in [7, 11) is 0. The van der Waals surface area contributed by atoms with Crippen LogP contribution in [0.25, 0.3) is 0 Å². The van der Waals surface area contributed by atoms with E-state index in [1.165, 1.54) is 25.7 Å². The third-order valence-electron chi connectivity index (χ3n) is 4.41. The predicted octanol–water partition coefficient (Wildman–Crippen LogP) is 3.16. The van der Waals surface area contributed by atoms with E-state index in [9.17, 15) is 9.59 Å². The number of Topliss-reactive ketones (excluding diaryl/α,β-unsaturated/α-hetero) is 2. The maximum atomic E-state index is 11.7. The Morgan fingerprint density at radius 3 is 1.89 bits per heavy atom. The van der Waals surface area contributed by atoms with Crippen LogP contribution in [-0.4, -0.2) is 23.7 Å². The Labute approximate surface area is 116 Å². The van der Waals surface area contributed by atoms with Crippen molar-refractivity contribution in [3.63, 3.8) is 0 Å². The van der Waals surface area contributed by atoms with Gasteiger partial charge in [-0.3, -0.25) is 9.59 Å². The molecule has 1 heterocycles. The second kappa shape index (κ2) is 7.78. The van der Waals surface area contributed by atoms with Crippen LogP contribution in [0.15, 0.2) is 0 Å². The van der Waals surface area contributed by atoms with Crippen molar-refractivity contribution < 1.29 is 9.59 Å². The monoisotopic (exact) mass is 265 g/mol. The second-order valence-electron chi connectivity index (χ2n) is 6.16. The molecule has 0 amide bonds. The summed E-state index contributed by atoms with van der Waals surface area (Å²) < 4.78 is 0. The summed E-state index contributed by atoms with van der Waals surface area (Å²) in [5.74, 6) is 0.695. The molecule has 0 bridgehead atoms. The minimum atomic E-state index is 0.345. The highest BCUT2D eigenvalue weighted by Gasteiger charge is 2.34. The zero-order valence-electron chi connectivity index (χ0n) is 12.0. The lowest BCUT2D eigenvalue weighted by molar-refractivity contribution is -0.120. The molecule has 19 heavy (non-hydrogen) atoms. The van der Waals surface area contributed by atoms with E-state index >= 15 is 0 Å². The van der Waals surface area contributed by atoms with Gasteiger partial charge < -0.3 is 5.32 Å². The predicted molar refractivity (Wildman–Crippen MR) is 76.1 cm³/mol. The van der Waals surface area contributed by atoms with Gasteiger partial charge in [0.1, 0.15) is 11.6 Å². The van der Waals surface area contributed by atoms with Gasteiger partial charge in [0.05, 0.1) is 0 Å². The summed E-state index contributed by atoms with van der Waals surface area (Å²) >= 11 is 0. The van der Waals surface area contributed by atoms with E-state index in [0.717, 1.165) is 32.1 Å². The van der Waals surface area contributed by atoms with Gasteiger partial charge in [0.25, 0.3) is 0 Å². The molecule has 1 aliphatic heterocycles. The lowest BCUT2D eigenvalue weighted by Crippen LogP contribution is -2.04. The van der Waals surface area contributed by atoms with Gasteiger partial charge in [-0.05, 0) is 32.1 Å². The molecule has 2 aliphatic rings. The standard InChI is InChI=1S/C16H27NO2/c18-13-7-3-1-2-4-11-15-16(17-15)12-6-10-14(19)9-5-8-13/h15-17H,1-12H2. The van der Waals surface area contributed by atoms with Gasteiger partial charge in [-0.25, -0.2) is 0 Å². The molecule has 3 nitrogen and oxygen atoms in total. The molecule has 2 atom stereocenters. The highest BCUT2D eigenvalue weighted by molar-refractivity contribution is 5.81. The third kappa shape index (κ3) is 5.85. The zero-order chi connectivity index (χ0) is 13.5. The SMILES string of the molecule is O=C1CCCCCCC2NC2CCCC(=O)CCC1. The summed E-state index contributed by atoms with van der Waals surface area (Å²) in [6, 6.07) is 1.40. The fourth-order valence-electron chi connectivity index (χ4n) is 3.08. The van der Waals surface area contributed by atoms with Gasteiger partial charge in [0.15, 0.2) is 0 Å². The number of rotatable bonds is 0. The first-order chi connectivity index (χ1) is 9.25. The Morgan fingerprint density at radius 2 is 1.16 bits per heavy atom. The van der Waals surface area contributed by atoms with Gasteiger partial charge in [-0.15, -0.1) is 0 Å². The number of hydrogen-bond donors (Lipinski definition) is 1. The van der Waals surface area contributed by atoms with E-state index in [2.05, 4.69) is 5.32 Å². The van der Waals surface area contributed by atoms with Crippen LogP contribution in [-0.2, 0) is 9.59 Å². The fraction of sp³-hybridized carbons (Fsp3) is 0.875. The second-order valence-corrected chi connectivity index (χ2v) is 6.16. The van der Waals surface area contributed by atoms with Crippen LogP contribution in [0.5, 0.6) is 0 Å². The maximum Gasteiger partial charge on any atom is 0.132 e. The fourth-order valence-corrected chi connectivity index (χ4v) is 3.08. The Morgan fingerprint density at radius 1 is 0.632 bits per heavy atom. The molecule has 1 saturated heterocycles. The number of hydrogen-bond acceptors (Lipinski definition) is 3. The van der Waals surface area contributed by atoms with Crippen molar-refractivity contribution in [1.29, 1.82) is 0 Å². The Hall–Kier alpha value is -0.700. The molecular weight excluding hydrogens is 238 g/mol. The van der Waals surface area contributed by atoms with E-state index in [4.69, 9.17) is 0 Å². The number of nitrogens with one attached hydrogen (secondary N) is 1. The van der Waals surface area contributed by atoms with Crippen LogP contribution in [0.3, 0.4) is 0 Å². The van der Waals surface area contributed by atoms with E-state index in [1.54, 1.807) is 0 Å². The van der Waals surface area contributed by atoms with Gasteiger partial charge in [0, 0.05) is 37.8 Å². The molecule has 0 radical (unpaired) electrons. The van der Waals surface area contributed by atoms with Crippen molar-refractivity contribution in [2.75, 3.05) is 0 Å². The zero-order valence-corrected chi connectivity index (χ0v) is 12.0. The Balaban J connectivity index is 1.71. The summed E-state index contributed by atoms with van der Waals surface area (Å²) in [4.78, 5) is 23.3. The first kappa shape index (κ1) is 14.7. The molecule has 1 N–H and O–H groups in total. The lowest BCUT2D eigenvalue weighted by Gasteiger charge is -2.04.